The lowest BCUT2D eigenvalue weighted by molar-refractivity contribution is -0.138. The van der Waals surface area contributed by atoms with E-state index in [2.05, 4.69) is 57.2 Å². The Balaban J connectivity index is -0.000000971. The molecule has 0 amide bonds. The van der Waals surface area contributed by atoms with E-state index < -0.39 is 80.0 Å². The molecule has 0 aliphatic carbocycles. The van der Waals surface area contributed by atoms with Gasteiger partial charge in [0.25, 0.3) is 0 Å². The van der Waals surface area contributed by atoms with E-state index in [0.717, 1.165) is 38.5 Å². The largest absolute Gasteiger partial charge is 0.481 e. The standard InChI is InChI=1S/3C18H34O2.2C6H12O5/c3*1-2-3-4-5-6-7-8-9-10-11-12-13-14-15-16-17-18(19)20;2*7-1-3(8)6-5(10)4(9)2-11-6/h3*9-10H,2-8,11-17H2,1H3,(H,19,20);2*3-10H,1-2H2/b3*10-9+;;/t;;;2*3-,4+,5-,6?/m...11/s1. The van der Waals surface area contributed by atoms with Crippen molar-refractivity contribution in [2.75, 3.05) is 26.4 Å². The van der Waals surface area contributed by atoms with Crippen LogP contribution in [0.5, 0.6) is 0 Å². The molecule has 0 bridgehead atoms. The first-order valence-corrected chi connectivity index (χ1v) is 32.8. The molecule has 16 nitrogen and oxygen atoms in total. The average Bonchev–Trinajstić information content (AvgIpc) is 3.99. The van der Waals surface area contributed by atoms with Crippen LogP contribution in [0.25, 0.3) is 0 Å². The van der Waals surface area contributed by atoms with Crippen LogP contribution >= 0.6 is 0 Å². The van der Waals surface area contributed by atoms with E-state index >= 15 is 0 Å². The molecule has 486 valence electrons. The van der Waals surface area contributed by atoms with Crippen LogP contribution in [0.15, 0.2) is 36.5 Å². The van der Waals surface area contributed by atoms with Crippen LogP contribution in [0.1, 0.15) is 290 Å². The van der Waals surface area contributed by atoms with E-state index in [9.17, 15) is 14.4 Å². The number of unbranched alkanes of at least 4 members (excludes halogenated alkanes) is 33. The molecule has 0 aromatic heterocycles. The number of aliphatic hydroxyl groups is 8. The highest BCUT2D eigenvalue weighted by molar-refractivity contribution is 5.67. The van der Waals surface area contributed by atoms with Gasteiger partial charge in [0.1, 0.15) is 48.8 Å². The molecule has 0 radical (unpaired) electrons. The van der Waals surface area contributed by atoms with E-state index in [1.807, 2.05) is 0 Å². The summed E-state index contributed by atoms with van der Waals surface area (Å²) < 4.78 is 9.64. The minimum Gasteiger partial charge on any atom is -0.481 e. The van der Waals surface area contributed by atoms with Gasteiger partial charge < -0.3 is 65.6 Å². The van der Waals surface area contributed by atoms with Crippen molar-refractivity contribution in [3.8, 4) is 0 Å². The Bertz CT molecular complexity index is 1300. The van der Waals surface area contributed by atoms with Crippen LogP contribution in [0.3, 0.4) is 0 Å². The maximum atomic E-state index is 10.3. The SMILES string of the molecule is CCCCCCCC/C=C/CCCCCCCC(=O)O.CCCCCCCC/C=C/CCCCCCCC(=O)O.CCCCCCCC/C=C/CCCCCCCC(=O)O.OC[C@@H](O)C1OC[C@H](O)[C@H]1O.OC[C@@H](O)C1OC[C@H](O)[C@H]1O. The zero-order chi connectivity index (χ0) is 61.5. The Hall–Kier alpha value is -2.77. The van der Waals surface area contributed by atoms with Gasteiger partial charge in [0, 0.05) is 19.3 Å². The highest BCUT2D eigenvalue weighted by atomic mass is 16.6. The second-order valence-electron chi connectivity index (χ2n) is 22.4. The van der Waals surface area contributed by atoms with E-state index in [4.69, 9.17) is 65.6 Å². The summed E-state index contributed by atoms with van der Waals surface area (Å²) in [7, 11) is 0. The molecular formula is C66H126O16. The zero-order valence-electron chi connectivity index (χ0n) is 52.1. The fourth-order valence-electron chi connectivity index (χ4n) is 9.18. The third-order valence-corrected chi connectivity index (χ3v) is 14.5. The first kappa shape index (κ1) is 83.4. The maximum Gasteiger partial charge on any atom is 0.303 e. The number of rotatable bonds is 49. The molecule has 2 unspecified atom stereocenters. The predicted octanol–water partition coefficient (Wildman–Crippen LogP) is 13.2. The quantitative estimate of drug-likeness (QED) is 0.0199. The summed E-state index contributed by atoms with van der Waals surface area (Å²) in [5, 5.41) is 96.6. The highest BCUT2D eigenvalue weighted by Gasteiger charge is 2.39. The highest BCUT2D eigenvalue weighted by Crippen LogP contribution is 2.19. The van der Waals surface area contributed by atoms with Crippen LogP contribution in [0, 0.1) is 0 Å². The van der Waals surface area contributed by atoms with Gasteiger partial charge in [0.15, 0.2) is 0 Å². The fraction of sp³-hybridized carbons (Fsp3) is 0.864. The van der Waals surface area contributed by atoms with E-state index in [1.165, 1.54) is 212 Å². The van der Waals surface area contributed by atoms with Crippen molar-refractivity contribution in [1.29, 1.82) is 0 Å². The molecule has 11 N–H and O–H groups in total. The molecule has 2 rings (SSSR count). The smallest absolute Gasteiger partial charge is 0.303 e. The number of carboxylic acid groups (broad SMARTS) is 3. The molecule has 0 spiro atoms. The van der Waals surface area contributed by atoms with Crippen LogP contribution in [0.4, 0.5) is 0 Å². The number of aliphatic hydroxyl groups excluding tert-OH is 8. The van der Waals surface area contributed by atoms with Gasteiger partial charge >= 0.3 is 17.9 Å². The minimum absolute atomic E-state index is 0.00287. The lowest BCUT2D eigenvalue weighted by Crippen LogP contribution is -2.40. The second-order valence-corrected chi connectivity index (χ2v) is 22.4. The number of ether oxygens (including phenoxy) is 2. The van der Waals surface area contributed by atoms with Gasteiger partial charge in [0.2, 0.25) is 0 Å². The molecular weight excluding hydrogens is 1050 g/mol. The molecule has 2 aliphatic heterocycles. The lowest BCUT2D eigenvalue weighted by Gasteiger charge is -2.18. The number of carbonyl (C=O) groups is 3. The summed E-state index contributed by atoms with van der Waals surface area (Å²) in [5.41, 5.74) is 0. The van der Waals surface area contributed by atoms with Crippen LogP contribution < -0.4 is 0 Å². The average molecular weight is 1180 g/mol. The number of carboxylic acids is 3. The van der Waals surface area contributed by atoms with Crippen molar-refractivity contribution in [2.24, 2.45) is 0 Å². The predicted molar refractivity (Wildman–Crippen MR) is 331 cm³/mol. The number of hydrogen-bond donors (Lipinski definition) is 11. The summed E-state index contributed by atoms with van der Waals surface area (Å²) in [6, 6.07) is 0. The van der Waals surface area contributed by atoms with Crippen molar-refractivity contribution in [2.45, 2.75) is 339 Å². The van der Waals surface area contributed by atoms with E-state index in [-0.39, 0.29) is 13.2 Å². The summed E-state index contributed by atoms with van der Waals surface area (Å²) >= 11 is 0. The number of aliphatic carboxylic acids is 3. The summed E-state index contributed by atoms with van der Waals surface area (Å²) in [5.74, 6) is -1.99. The molecule has 16 heteroatoms. The molecule has 0 aromatic rings. The normalized spacial score (nSPS) is 19.2. The van der Waals surface area contributed by atoms with Gasteiger partial charge in [-0.15, -0.1) is 0 Å². The monoisotopic (exact) mass is 1170 g/mol. The Morgan fingerprint density at radius 2 is 0.549 bits per heavy atom. The molecule has 2 aliphatic rings. The Kier molecular flexibility index (Phi) is 66.9. The third-order valence-electron chi connectivity index (χ3n) is 14.5. The topological polar surface area (TPSA) is 292 Å². The summed E-state index contributed by atoms with van der Waals surface area (Å²) in [6.07, 6.45) is 55.6. The summed E-state index contributed by atoms with van der Waals surface area (Å²) in [6.45, 7) is 5.83. The molecule has 2 fully saturated rings. The fourth-order valence-corrected chi connectivity index (χ4v) is 9.18. The molecule has 0 saturated carbocycles. The lowest BCUT2D eigenvalue weighted by atomic mass is 10.1. The number of allylic oxidation sites excluding steroid dienone is 6. The van der Waals surface area contributed by atoms with Crippen molar-refractivity contribution in [3.05, 3.63) is 36.5 Å². The second kappa shape index (κ2) is 65.8. The minimum atomic E-state index is -1.12. The molecule has 8 atom stereocenters. The van der Waals surface area contributed by atoms with Crippen LogP contribution in [-0.4, -0.2) is 149 Å². The first-order chi connectivity index (χ1) is 39.6. The van der Waals surface area contributed by atoms with Crippen LogP contribution in [0.2, 0.25) is 0 Å². The van der Waals surface area contributed by atoms with Crippen molar-refractivity contribution >= 4 is 17.9 Å². The van der Waals surface area contributed by atoms with Crippen LogP contribution in [-0.2, 0) is 23.9 Å². The molecule has 2 saturated heterocycles. The molecule has 2 heterocycles. The Morgan fingerprint density at radius 3 is 0.720 bits per heavy atom. The van der Waals surface area contributed by atoms with Gasteiger partial charge in [-0.3, -0.25) is 14.4 Å². The number of hydrogen-bond acceptors (Lipinski definition) is 13. The molecule has 82 heavy (non-hydrogen) atoms. The van der Waals surface area contributed by atoms with Crippen molar-refractivity contribution < 1.29 is 80.0 Å². The van der Waals surface area contributed by atoms with Gasteiger partial charge in [0.05, 0.1) is 26.4 Å². The van der Waals surface area contributed by atoms with Gasteiger partial charge in [-0.1, -0.05) is 211 Å². The maximum absolute atomic E-state index is 10.3. The van der Waals surface area contributed by atoms with Gasteiger partial charge in [-0.05, 0) is 96.3 Å². The third kappa shape index (κ3) is 60.4. The zero-order valence-corrected chi connectivity index (χ0v) is 52.1. The van der Waals surface area contributed by atoms with Gasteiger partial charge in [-0.25, -0.2) is 0 Å². The van der Waals surface area contributed by atoms with Crippen molar-refractivity contribution in [1.82, 2.24) is 0 Å². The van der Waals surface area contributed by atoms with E-state index in [0.29, 0.717) is 19.3 Å². The van der Waals surface area contributed by atoms with Gasteiger partial charge in [-0.2, -0.15) is 0 Å². The van der Waals surface area contributed by atoms with E-state index in [1.54, 1.807) is 0 Å². The van der Waals surface area contributed by atoms with Crippen molar-refractivity contribution in [3.63, 3.8) is 0 Å². The molecule has 0 aromatic carbocycles. The Morgan fingerprint density at radius 1 is 0.354 bits per heavy atom. The summed E-state index contributed by atoms with van der Waals surface area (Å²) in [4.78, 5) is 31.0. The Labute approximate surface area is 498 Å². The first-order valence-electron chi connectivity index (χ1n) is 32.8.